The number of nitrogens with zero attached hydrogens (tertiary/aromatic N) is 1. The average molecular weight is 226 g/mol. The molecule has 0 aliphatic heterocycles. The van der Waals surface area contributed by atoms with Gasteiger partial charge in [-0.2, -0.15) is 0 Å². The molecule has 0 bridgehead atoms. The van der Waals surface area contributed by atoms with Crippen molar-refractivity contribution in [1.82, 2.24) is 4.48 Å². The van der Waals surface area contributed by atoms with Gasteiger partial charge in [0.15, 0.2) is 0 Å². The number of para-hydroxylation sites is 1. The highest BCUT2D eigenvalue weighted by atomic mass is 15.3. The Bertz CT molecular complexity index is 459. The Morgan fingerprint density at radius 2 is 1.24 bits per heavy atom. The van der Waals surface area contributed by atoms with Gasteiger partial charge < -0.3 is 0 Å². The summed E-state index contributed by atoms with van der Waals surface area (Å²) in [6.45, 7) is 2.28. The van der Waals surface area contributed by atoms with Crippen LogP contribution < -0.4 is 4.48 Å². The van der Waals surface area contributed by atoms with E-state index in [1.54, 1.807) is 0 Å². The zero-order valence-electron chi connectivity index (χ0n) is 10.8. The molecular weight excluding hydrogens is 206 g/mol. The van der Waals surface area contributed by atoms with Crippen LogP contribution in [0.1, 0.15) is 18.5 Å². The van der Waals surface area contributed by atoms with Crippen molar-refractivity contribution in [3.8, 4) is 0 Å². The molecule has 0 spiro atoms. The van der Waals surface area contributed by atoms with Gasteiger partial charge in [0.25, 0.3) is 0 Å². The lowest BCUT2D eigenvalue weighted by molar-refractivity contribution is 0.316. The molecule has 0 aliphatic carbocycles. The van der Waals surface area contributed by atoms with Crippen molar-refractivity contribution in [2.45, 2.75) is 13.0 Å². The smallest absolute Gasteiger partial charge is 0.132 e. The van der Waals surface area contributed by atoms with E-state index < -0.39 is 0 Å². The van der Waals surface area contributed by atoms with Crippen LogP contribution in [0.3, 0.4) is 0 Å². The predicted molar refractivity (Wildman–Crippen MR) is 74.9 cm³/mol. The molecular formula is C16H20N+. The fraction of sp³-hybridized carbons (Fsp3) is 0.250. The summed E-state index contributed by atoms with van der Waals surface area (Å²) in [4.78, 5) is 0. The molecule has 17 heavy (non-hydrogen) atoms. The summed E-state index contributed by atoms with van der Waals surface area (Å²) in [5, 5.41) is 0. The molecule has 0 aliphatic rings. The molecule has 1 atom stereocenters. The third kappa shape index (κ3) is 2.40. The fourth-order valence-corrected chi connectivity index (χ4v) is 2.14. The zero-order chi connectivity index (χ0) is 12.3. The van der Waals surface area contributed by atoms with Crippen molar-refractivity contribution in [2.24, 2.45) is 0 Å². The number of hydrogen-bond donors (Lipinski definition) is 0. The van der Waals surface area contributed by atoms with Gasteiger partial charge in [-0.25, -0.2) is 0 Å². The van der Waals surface area contributed by atoms with Crippen LogP contribution in [0.2, 0.25) is 0 Å². The maximum atomic E-state index is 2.28. The van der Waals surface area contributed by atoms with Crippen LogP contribution in [0.15, 0.2) is 60.7 Å². The van der Waals surface area contributed by atoms with Crippen molar-refractivity contribution in [3.05, 3.63) is 66.2 Å². The van der Waals surface area contributed by atoms with Crippen LogP contribution in [0.5, 0.6) is 0 Å². The molecule has 2 aromatic rings. The summed E-state index contributed by atoms with van der Waals surface area (Å²) < 4.78 is 0.866. The first-order valence-corrected chi connectivity index (χ1v) is 6.06. The molecule has 1 heteroatoms. The highest BCUT2D eigenvalue weighted by Crippen LogP contribution is 2.30. The van der Waals surface area contributed by atoms with Gasteiger partial charge in [-0.05, 0) is 19.1 Å². The largest absolute Gasteiger partial charge is 0.290 e. The van der Waals surface area contributed by atoms with Gasteiger partial charge in [0.2, 0.25) is 0 Å². The van der Waals surface area contributed by atoms with Crippen molar-refractivity contribution < 1.29 is 0 Å². The molecule has 2 rings (SSSR count). The standard InChI is InChI=1S/C16H20N/c1-14(15-10-6-4-7-11-15)17(2,3)16-12-8-5-9-13-16/h4-14H,1-3H3/q+1. The van der Waals surface area contributed by atoms with Gasteiger partial charge in [-0.15, -0.1) is 0 Å². The van der Waals surface area contributed by atoms with E-state index in [1.165, 1.54) is 11.3 Å². The second-order valence-electron chi connectivity index (χ2n) is 4.96. The minimum absolute atomic E-state index is 0.443. The molecule has 0 saturated heterocycles. The first-order chi connectivity index (χ1) is 8.12. The predicted octanol–water partition coefficient (Wildman–Crippen LogP) is 4.01. The monoisotopic (exact) mass is 226 g/mol. The third-order valence-electron chi connectivity index (χ3n) is 3.67. The molecule has 0 heterocycles. The Morgan fingerprint density at radius 1 is 0.765 bits per heavy atom. The maximum absolute atomic E-state index is 2.28. The van der Waals surface area contributed by atoms with Gasteiger partial charge in [0.05, 0.1) is 14.1 Å². The quantitative estimate of drug-likeness (QED) is 0.694. The van der Waals surface area contributed by atoms with Crippen molar-refractivity contribution in [1.29, 1.82) is 0 Å². The average Bonchev–Trinajstić information content (AvgIpc) is 2.40. The normalized spacial score (nSPS) is 13.4. The van der Waals surface area contributed by atoms with E-state index >= 15 is 0 Å². The number of quaternary nitrogens is 1. The fourth-order valence-electron chi connectivity index (χ4n) is 2.14. The van der Waals surface area contributed by atoms with Crippen LogP contribution in [0.25, 0.3) is 0 Å². The SMILES string of the molecule is CC(c1ccccc1)[N+](C)(C)c1ccccc1. The van der Waals surface area contributed by atoms with Crippen LogP contribution in [-0.4, -0.2) is 14.1 Å². The Morgan fingerprint density at radius 3 is 1.76 bits per heavy atom. The highest BCUT2D eigenvalue weighted by molar-refractivity contribution is 5.43. The Labute approximate surface area is 104 Å². The van der Waals surface area contributed by atoms with Crippen LogP contribution in [-0.2, 0) is 0 Å². The summed E-state index contributed by atoms with van der Waals surface area (Å²) in [5.74, 6) is 0. The van der Waals surface area contributed by atoms with Crippen LogP contribution in [0.4, 0.5) is 5.69 Å². The van der Waals surface area contributed by atoms with Crippen LogP contribution >= 0.6 is 0 Å². The molecule has 0 N–H and O–H groups in total. The number of hydrogen-bond acceptors (Lipinski definition) is 0. The lowest BCUT2D eigenvalue weighted by Gasteiger charge is -2.35. The van der Waals surface area contributed by atoms with E-state index in [2.05, 4.69) is 81.7 Å². The topological polar surface area (TPSA) is 0 Å². The molecule has 0 radical (unpaired) electrons. The van der Waals surface area contributed by atoms with Gasteiger partial charge in [-0.1, -0.05) is 48.5 Å². The van der Waals surface area contributed by atoms with E-state index in [1.807, 2.05) is 0 Å². The first-order valence-electron chi connectivity index (χ1n) is 6.06. The summed E-state index contributed by atoms with van der Waals surface area (Å²) >= 11 is 0. The maximum Gasteiger partial charge on any atom is 0.132 e. The number of rotatable bonds is 3. The van der Waals surface area contributed by atoms with Gasteiger partial charge in [0, 0.05) is 5.56 Å². The lowest BCUT2D eigenvalue weighted by atomic mass is 10.0. The first kappa shape index (κ1) is 11.9. The minimum Gasteiger partial charge on any atom is -0.290 e. The summed E-state index contributed by atoms with van der Waals surface area (Å²) in [7, 11) is 4.51. The van der Waals surface area contributed by atoms with Crippen LogP contribution in [0, 0.1) is 0 Å². The molecule has 1 nitrogen and oxygen atoms in total. The van der Waals surface area contributed by atoms with E-state index in [0.29, 0.717) is 6.04 Å². The summed E-state index contributed by atoms with van der Waals surface area (Å²) in [6.07, 6.45) is 0. The molecule has 0 amide bonds. The second-order valence-corrected chi connectivity index (χ2v) is 4.96. The minimum atomic E-state index is 0.443. The highest BCUT2D eigenvalue weighted by Gasteiger charge is 2.27. The van der Waals surface area contributed by atoms with Crippen molar-refractivity contribution in [3.63, 3.8) is 0 Å². The Hall–Kier alpha value is -1.60. The zero-order valence-corrected chi connectivity index (χ0v) is 10.8. The molecule has 1 unspecified atom stereocenters. The third-order valence-corrected chi connectivity index (χ3v) is 3.67. The van der Waals surface area contributed by atoms with E-state index in [0.717, 1.165) is 4.48 Å². The summed E-state index contributed by atoms with van der Waals surface area (Å²) in [5.41, 5.74) is 2.71. The molecule has 2 aromatic carbocycles. The lowest BCUT2D eigenvalue weighted by Crippen LogP contribution is -2.42. The Kier molecular flexibility index (Phi) is 3.30. The molecule has 0 aromatic heterocycles. The molecule has 0 saturated carbocycles. The van der Waals surface area contributed by atoms with E-state index in [4.69, 9.17) is 0 Å². The van der Waals surface area contributed by atoms with Crippen molar-refractivity contribution in [2.75, 3.05) is 14.1 Å². The second kappa shape index (κ2) is 4.72. The van der Waals surface area contributed by atoms with Gasteiger partial charge in [-0.3, -0.25) is 4.48 Å². The van der Waals surface area contributed by atoms with E-state index in [9.17, 15) is 0 Å². The Balaban J connectivity index is 2.33. The molecule has 0 fully saturated rings. The van der Waals surface area contributed by atoms with E-state index in [-0.39, 0.29) is 0 Å². The van der Waals surface area contributed by atoms with Crippen molar-refractivity contribution >= 4 is 5.69 Å². The molecule has 88 valence electrons. The van der Waals surface area contributed by atoms with Gasteiger partial charge in [0.1, 0.15) is 11.7 Å². The summed E-state index contributed by atoms with van der Waals surface area (Å²) in [6, 6.07) is 21.8. The van der Waals surface area contributed by atoms with Gasteiger partial charge >= 0.3 is 0 Å². The number of benzene rings is 2.